The molecule has 2 aromatic heterocycles. The molecule has 1 N–H and O–H groups in total. The monoisotopic (exact) mass is 295 g/mol. The van der Waals surface area contributed by atoms with Crippen molar-refractivity contribution >= 4 is 0 Å². The summed E-state index contributed by atoms with van der Waals surface area (Å²) in [5, 5.41) is 0. The summed E-state index contributed by atoms with van der Waals surface area (Å²) in [6, 6.07) is 10.8. The van der Waals surface area contributed by atoms with Gasteiger partial charge in [0, 0.05) is 12.4 Å². The molecule has 0 saturated heterocycles. The minimum atomic E-state index is 0.254. The van der Waals surface area contributed by atoms with Crippen LogP contribution < -0.4 is 0 Å². The Hall–Kier alpha value is -2.40. The molecule has 0 radical (unpaired) electrons. The summed E-state index contributed by atoms with van der Waals surface area (Å²) >= 11 is 0. The highest BCUT2D eigenvalue weighted by atomic mass is 15.1. The van der Waals surface area contributed by atoms with Crippen LogP contribution in [0.5, 0.6) is 0 Å². The molecular weight excluding hydrogens is 274 g/mol. The van der Waals surface area contributed by atoms with Crippen molar-refractivity contribution in [1.82, 2.24) is 24.4 Å². The van der Waals surface area contributed by atoms with Crippen LogP contribution >= 0.6 is 0 Å². The third-order valence-corrected chi connectivity index (χ3v) is 3.78. The van der Waals surface area contributed by atoms with Gasteiger partial charge in [-0.25, -0.2) is 9.97 Å². The normalized spacial score (nSPS) is 12.7. The first-order valence-corrected chi connectivity index (χ1v) is 7.47. The van der Waals surface area contributed by atoms with Gasteiger partial charge in [0.25, 0.3) is 0 Å². The van der Waals surface area contributed by atoms with Gasteiger partial charge in [-0.05, 0) is 32.6 Å². The van der Waals surface area contributed by atoms with E-state index in [1.807, 2.05) is 18.6 Å². The van der Waals surface area contributed by atoms with E-state index in [1.165, 1.54) is 5.56 Å². The predicted molar refractivity (Wildman–Crippen MR) is 87.6 cm³/mol. The maximum Gasteiger partial charge on any atom is 0.158 e. The van der Waals surface area contributed by atoms with E-state index in [0.29, 0.717) is 0 Å². The van der Waals surface area contributed by atoms with E-state index >= 15 is 0 Å². The molecule has 0 spiro atoms. The highest BCUT2D eigenvalue weighted by molar-refractivity contribution is 5.48. The average molecular weight is 295 g/mol. The molecular formula is C17H21N5. The lowest BCUT2D eigenvalue weighted by Crippen LogP contribution is -2.20. The lowest BCUT2D eigenvalue weighted by Gasteiger charge is -2.23. The number of hydrogen-bond acceptors (Lipinski definition) is 3. The average Bonchev–Trinajstić information content (AvgIpc) is 3.19. The van der Waals surface area contributed by atoms with Crippen LogP contribution in [0.3, 0.4) is 0 Å². The molecule has 1 atom stereocenters. The first-order valence-electron chi connectivity index (χ1n) is 7.47. The van der Waals surface area contributed by atoms with Crippen molar-refractivity contribution in [2.75, 3.05) is 20.6 Å². The standard InChI is InChI=1S/C17H21N5/c1-21(2)10-8-16(14-6-4-3-5-7-14)22-11-9-19-17(22)15-12-18-13-20-15/h3-7,9,11-13,16H,8,10H2,1-2H3,(H,18,20)/t16-/m1/s1. The Morgan fingerprint density at radius 3 is 2.73 bits per heavy atom. The van der Waals surface area contributed by atoms with Crippen LogP contribution in [0.25, 0.3) is 11.5 Å². The lowest BCUT2D eigenvalue weighted by atomic mass is 10.0. The maximum absolute atomic E-state index is 4.51. The molecule has 114 valence electrons. The molecule has 0 aliphatic heterocycles. The SMILES string of the molecule is CN(C)CC[C@H](c1ccccc1)n1ccnc1-c1cnc[nH]1. The summed E-state index contributed by atoms with van der Waals surface area (Å²) in [5.74, 6) is 0.921. The van der Waals surface area contributed by atoms with Crippen molar-refractivity contribution in [1.29, 1.82) is 0 Å². The Bertz CT molecular complexity index is 685. The molecule has 0 fully saturated rings. The Morgan fingerprint density at radius 1 is 1.23 bits per heavy atom. The molecule has 3 aromatic rings. The van der Waals surface area contributed by atoms with Crippen molar-refractivity contribution in [2.45, 2.75) is 12.5 Å². The number of aromatic nitrogens is 4. The van der Waals surface area contributed by atoms with Gasteiger partial charge in [0.2, 0.25) is 0 Å². The smallest absolute Gasteiger partial charge is 0.158 e. The molecule has 0 unspecified atom stereocenters. The van der Waals surface area contributed by atoms with Gasteiger partial charge < -0.3 is 14.5 Å². The molecule has 0 amide bonds. The lowest BCUT2D eigenvalue weighted by molar-refractivity contribution is 0.368. The summed E-state index contributed by atoms with van der Waals surface area (Å²) in [4.78, 5) is 14.0. The molecule has 1 aromatic carbocycles. The van der Waals surface area contributed by atoms with Crippen molar-refractivity contribution in [3.05, 3.63) is 60.8 Å². The number of H-pyrrole nitrogens is 1. The van der Waals surface area contributed by atoms with Crippen LogP contribution in [0.1, 0.15) is 18.0 Å². The van der Waals surface area contributed by atoms with Crippen LogP contribution in [0, 0.1) is 0 Å². The molecule has 0 aliphatic carbocycles. The number of nitrogens with one attached hydrogen (secondary N) is 1. The topological polar surface area (TPSA) is 49.7 Å². The van der Waals surface area contributed by atoms with Gasteiger partial charge in [-0.2, -0.15) is 0 Å². The number of hydrogen-bond donors (Lipinski definition) is 1. The highest BCUT2D eigenvalue weighted by Gasteiger charge is 2.18. The van der Waals surface area contributed by atoms with Gasteiger partial charge >= 0.3 is 0 Å². The maximum atomic E-state index is 4.51. The van der Waals surface area contributed by atoms with Crippen molar-refractivity contribution in [3.63, 3.8) is 0 Å². The minimum absolute atomic E-state index is 0.254. The van der Waals surface area contributed by atoms with Gasteiger partial charge in [-0.3, -0.25) is 0 Å². The molecule has 3 rings (SSSR count). The zero-order valence-corrected chi connectivity index (χ0v) is 13.0. The zero-order valence-electron chi connectivity index (χ0n) is 13.0. The van der Waals surface area contributed by atoms with Gasteiger partial charge in [-0.1, -0.05) is 30.3 Å². The molecule has 0 bridgehead atoms. The number of aromatic amines is 1. The zero-order chi connectivity index (χ0) is 15.4. The Kier molecular flexibility index (Phi) is 4.34. The van der Waals surface area contributed by atoms with Gasteiger partial charge in [0.1, 0.15) is 5.69 Å². The Balaban J connectivity index is 1.98. The van der Waals surface area contributed by atoms with Crippen LogP contribution in [0.15, 0.2) is 55.2 Å². The fourth-order valence-electron chi connectivity index (χ4n) is 2.67. The van der Waals surface area contributed by atoms with Crippen molar-refractivity contribution < 1.29 is 0 Å². The van der Waals surface area contributed by atoms with Crippen LogP contribution in [0.2, 0.25) is 0 Å². The highest BCUT2D eigenvalue weighted by Crippen LogP contribution is 2.27. The predicted octanol–water partition coefficient (Wildman–Crippen LogP) is 2.81. The molecule has 5 heteroatoms. The summed E-state index contributed by atoms with van der Waals surface area (Å²) in [6.45, 7) is 1.01. The summed E-state index contributed by atoms with van der Waals surface area (Å²) < 4.78 is 2.23. The first kappa shape index (κ1) is 14.5. The number of nitrogens with zero attached hydrogens (tertiary/aromatic N) is 4. The fraction of sp³-hybridized carbons (Fsp3) is 0.294. The van der Waals surface area contributed by atoms with E-state index in [1.54, 1.807) is 6.33 Å². The van der Waals surface area contributed by atoms with Crippen molar-refractivity contribution in [2.24, 2.45) is 0 Å². The van der Waals surface area contributed by atoms with E-state index in [9.17, 15) is 0 Å². The first-order chi connectivity index (χ1) is 10.8. The third kappa shape index (κ3) is 3.09. The second-order valence-electron chi connectivity index (χ2n) is 5.64. The number of imidazole rings is 2. The van der Waals surface area contributed by atoms with Gasteiger partial charge in [-0.15, -0.1) is 0 Å². The minimum Gasteiger partial charge on any atom is -0.342 e. The van der Waals surface area contributed by atoms with E-state index in [4.69, 9.17) is 0 Å². The second-order valence-corrected chi connectivity index (χ2v) is 5.64. The van der Waals surface area contributed by atoms with Gasteiger partial charge in [0.15, 0.2) is 5.82 Å². The van der Waals surface area contributed by atoms with Crippen LogP contribution in [-0.2, 0) is 0 Å². The summed E-state index contributed by atoms with van der Waals surface area (Å²) in [7, 11) is 4.21. The number of benzene rings is 1. The second kappa shape index (κ2) is 6.58. The van der Waals surface area contributed by atoms with Gasteiger partial charge in [0.05, 0.1) is 18.6 Å². The van der Waals surface area contributed by atoms with Crippen LogP contribution in [0.4, 0.5) is 0 Å². The van der Waals surface area contributed by atoms with E-state index in [-0.39, 0.29) is 6.04 Å². The van der Waals surface area contributed by atoms with Crippen molar-refractivity contribution in [3.8, 4) is 11.5 Å². The summed E-state index contributed by atoms with van der Waals surface area (Å²) in [5.41, 5.74) is 2.24. The third-order valence-electron chi connectivity index (χ3n) is 3.78. The summed E-state index contributed by atoms with van der Waals surface area (Å²) in [6.07, 6.45) is 8.41. The molecule has 2 heterocycles. The Labute approximate surface area is 130 Å². The largest absolute Gasteiger partial charge is 0.342 e. The van der Waals surface area contributed by atoms with Crippen LogP contribution in [-0.4, -0.2) is 45.1 Å². The molecule has 0 saturated carbocycles. The number of rotatable bonds is 6. The van der Waals surface area contributed by atoms with E-state index in [0.717, 1.165) is 24.5 Å². The quantitative estimate of drug-likeness (QED) is 0.761. The molecule has 22 heavy (non-hydrogen) atoms. The van der Waals surface area contributed by atoms with E-state index < -0.39 is 0 Å². The molecule has 0 aliphatic rings. The Morgan fingerprint density at radius 2 is 2.05 bits per heavy atom. The molecule has 5 nitrogen and oxygen atoms in total. The van der Waals surface area contributed by atoms with E-state index in [2.05, 4.69) is 68.8 Å². The fourth-order valence-corrected chi connectivity index (χ4v) is 2.67.